The molecule has 1 amide bonds. The fourth-order valence-electron chi connectivity index (χ4n) is 4.02. The van der Waals surface area contributed by atoms with E-state index in [9.17, 15) is 4.79 Å². The van der Waals surface area contributed by atoms with Gasteiger partial charge in [0.2, 0.25) is 0 Å². The molecule has 7 nitrogen and oxygen atoms in total. The van der Waals surface area contributed by atoms with Gasteiger partial charge in [-0.1, -0.05) is 31.5 Å². The van der Waals surface area contributed by atoms with Crippen LogP contribution in [0, 0.1) is 0 Å². The van der Waals surface area contributed by atoms with E-state index in [1.54, 1.807) is 43.2 Å². The third-order valence-corrected chi connectivity index (χ3v) is 6.30. The summed E-state index contributed by atoms with van der Waals surface area (Å²) in [6.45, 7) is 9.46. The number of hydrogen-bond donors (Lipinski definition) is 1. The largest absolute Gasteiger partial charge is 0.497 e. The van der Waals surface area contributed by atoms with E-state index in [4.69, 9.17) is 26.2 Å². The van der Waals surface area contributed by atoms with Crippen LogP contribution < -0.4 is 14.8 Å². The Morgan fingerprint density at radius 1 is 1.11 bits per heavy atom. The molecule has 0 saturated heterocycles. The lowest BCUT2D eigenvalue weighted by Crippen LogP contribution is -2.34. The highest BCUT2D eigenvalue weighted by Gasteiger charge is 2.21. The highest BCUT2D eigenvalue weighted by Crippen LogP contribution is 2.33. The molecule has 0 spiro atoms. The molecule has 2 aromatic carbocycles. The van der Waals surface area contributed by atoms with Crippen molar-refractivity contribution in [3.05, 3.63) is 59.2 Å². The van der Waals surface area contributed by atoms with E-state index in [0.29, 0.717) is 33.6 Å². The van der Waals surface area contributed by atoms with Gasteiger partial charge in [0, 0.05) is 22.7 Å². The van der Waals surface area contributed by atoms with Gasteiger partial charge in [0.05, 0.1) is 25.6 Å². The minimum Gasteiger partial charge on any atom is -0.497 e. The number of methoxy groups -OCH3 is 2. The molecule has 35 heavy (non-hydrogen) atoms. The first-order valence-corrected chi connectivity index (χ1v) is 12.4. The minimum atomic E-state index is -0.188. The molecule has 0 bridgehead atoms. The Hall–Kier alpha value is -3.03. The summed E-state index contributed by atoms with van der Waals surface area (Å²) in [6, 6.07) is 14.6. The van der Waals surface area contributed by atoms with Crippen LogP contribution in [0.4, 0.5) is 0 Å². The quantitative estimate of drug-likeness (QED) is 0.359. The molecule has 1 atom stereocenters. The minimum absolute atomic E-state index is 0.0275. The molecule has 0 saturated carbocycles. The number of aromatic nitrogens is 2. The number of hydrogen-bond acceptors (Lipinski definition) is 5. The summed E-state index contributed by atoms with van der Waals surface area (Å²) in [5, 5.41) is 8.47. The first-order chi connectivity index (χ1) is 16.9. The van der Waals surface area contributed by atoms with Gasteiger partial charge in [0.25, 0.3) is 5.91 Å². The van der Waals surface area contributed by atoms with Crippen molar-refractivity contribution in [2.24, 2.45) is 0 Å². The zero-order valence-corrected chi connectivity index (χ0v) is 21.9. The maximum atomic E-state index is 13.4. The van der Waals surface area contributed by atoms with Gasteiger partial charge in [-0.15, -0.1) is 0 Å². The average molecular weight is 499 g/mol. The van der Waals surface area contributed by atoms with Gasteiger partial charge in [-0.05, 0) is 75.8 Å². The van der Waals surface area contributed by atoms with Crippen molar-refractivity contribution in [1.29, 1.82) is 0 Å². The molecular weight excluding hydrogens is 464 g/mol. The topological polar surface area (TPSA) is 68.6 Å². The molecule has 1 unspecified atom stereocenters. The number of carbonyl (C=O) groups excluding carboxylic acids is 1. The van der Waals surface area contributed by atoms with Crippen LogP contribution in [0.15, 0.2) is 48.5 Å². The fraction of sp³-hybridized carbons (Fsp3) is 0.407. The molecule has 3 rings (SSSR count). The normalized spacial score (nSPS) is 12.0. The van der Waals surface area contributed by atoms with Crippen LogP contribution in [0.2, 0.25) is 5.02 Å². The standard InChI is InChI=1S/C27H35ClN4O3/c1-6-31(7-2)15-9-10-19(3)29-27(33)25-18-24(23-14-13-22(34-4)17-26(23)35-5)30-32(25)21-12-8-11-20(28)16-21/h8,11-14,16-19H,6-7,9-10,15H2,1-5H3,(H,29,33). The number of ether oxygens (including phenoxy) is 2. The summed E-state index contributed by atoms with van der Waals surface area (Å²) < 4.78 is 12.5. The Balaban J connectivity index is 1.90. The average Bonchev–Trinajstić information content (AvgIpc) is 3.32. The number of amides is 1. The lowest BCUT2D eigenvalue weighted by Gasteiger charge is -2.20. The van der Waals surface area contributed by atoms with Gasteiger partial charge in [-0.25, -0.2) is 4.68 Å². The summed E-state index contributed by atoms with van der Waals surface area (Å²) >= 11 is 6.24. The van der Waals surface area contributed by atoms with Gasteiger partial charge >= 0.3 is 0 Å². The van der Waals surface area contributed by atoms with Crippen molar-refractivity contribution in [3.8, 4) is 28.4 Å². The Kier molecular flexibility index (Phi) is 9.57. The number of benzene rings is 2. The maximum Gasteiger partial charge on any atom is 0.270 e. The summed E-state index contributed by atoms with van der Waals surface area (Å²) in [7, 11) is 3.20. The second-order valence-electron chi connectivity index (χ2n) is 8.42. The Morgan fingerprint density at radius 2 is 1.89 bits per heavy atom. The molecule has 0 aliphatic heterocycles. The summed E-state index contributed by atoms with van der Waals surface area (Å²) in [4.78, 5) is 15.8. The van der Waals surface area contributed by atoms with Crippen molar-refractivity contribution in [2.75, 3.05) is 33.9 Å². The molecule has 0 radical (unpaired) electrons. The third-order valence-electron chi connectivity index (χ3n) is 6.06. The second-order valence-corrected chi connectivity index (χ2v) is 8.85. The fourth-order valence-corrected chi connectivity index (χ4v) is 4.20. The van der Waals surface area contributed by atoms with E-state index in [1.165, 1.54) is 0 Å². The number of nitrogens with one attached hydrogen (secondary N) is 1. The van der Waals surface area contributed by atoms with Crippen molar-refractivity contribution < 1.29 is 14.3 Å². The SMILES string of the molecule is CCN(CC)CCCC(C)NC(=O)c1cc(-c2ccc(OC)cc2OC)nn1-c1cccc(Cl)c1. The van der Waals surface area contributed by atoms with E-state index in [1.807, 2.05) is 31.2 Å². The van der Waals surface area contributed by atoms with Crippen LogP contribution in [0.1, 0.15) is 44.1 Å². The number of nitrogens with zero attached hydrogens (tertiary/aromatic N) is 3. The Bertz CT molecular complexity index is 1130. The summed E-state index contributed by atoms with van der Waals surface area (Å²) in [5.41, 5.74) is 2.51. The molecule has 0 fully saturated rings. The van der Waals surface area contributed by atoms with Crippen LogP contribution in [0.3, 0.4) is 0 Å². The van der Waals surface area contributed by atoms with E-state index >= 15 is 0 Å². The number of halogens is 1. The molecule has 8 heteroatoms. The summed E-state index contributed by atoms with van der Waals surface area (Å²) in [5.74, 6) is 1.10. The lowest BCUT2D eigenvalue weighted by atomic mass is 10.1. The monoisotopic (exact) mass is 498 g/mol. The summed E-state index contributed by atoms with van der Waals surface area (Å²) in [6.07, 6.45) is 1.91. The van der Waals surface area contributed by atoms with Gasteiger partial charge in [0.1, 0.15) is 17.2 Å². The van der Waals surface area contributed by atoms with Crippen molar-refractivity contribution in [1.82, 2.24) is 20.0 Å². The van der Waals surface area contributed by atoms with Gasteiger partial charge in [-0.2, -0.15) is 5.10 Å². The first-order valence-electron chi connectivity index (χ1n) is 12.0. The molecule has 1 N–H and O–H groups in total. The van der Waals surface area contributed by atoms with Gasteiger partial charge in [-0.3, -0.25) is 4.79 Å². The van der Waals surface area contributed by atoms with E-state index in [2.05, 4.69) is 24.1 Å². The number of carbonyl (C=O) groups is 1. The maximum absolute atomic E-state index is 13.4. The molecule has 0 aliphatic carbocycles. The van der Waals surface area contributed by atoms with Gasteiger partial charge < -0.3 is 19.7 Å². The molecule has 188 valence electrons. The third kappa shape index (κ3) is 6.77. The van der Waals surface area contributed by atoms with Crippen LogP contribution >= 0.6 is 11.6 Å². The molecule has 3 aromatic rings. The van der Waals surface area contributed by atoms with Crippen LogP contribution in [0.5, 0.6) is 11.5 Å². The van der Waals surface area contributed by atoms with Crippen LogP contribution in [0.25, 0.3) is 16.9 Å². The first kappa shape index (κ1) is 26.6. The lowest BCUT2D eigenvalue weighted by molar-refractivity contribution is 0.0929. The highest BCUT2D eigenvalue weighted by molar-refractivity contribution is 6.30. The zero-order chi connectivity index (χ0) is 25.4. The van der Waals surface area contributed by atoms with Crippen LogP contribution in [-0.2, 0) is 0 Å². The van der Waals surface area contributed by atoms with Crippen LogP contribution in [-0.4, -0.2) is 60.5 Å². The smallest absolute Gasteiger partial charge is 0.270 e. The zero-order valence-electron chi connectivity index (χ0n) is 21.2. The van der Waals surface area contributed by atoms with E-state index < -0.39 is 0 Å². The van der Waals surface area contributed by atoms with Crippen molar-refractivity contribution in [2.45, 2.75) is 39.7 Å². The predicted octanol–water partition coefficient (Wildman–Crippen LogP) is 5.45. The van der Waals surface area contributed by atoms with E-state index in [0.717, 1.165) is 38.0 Å². The van der Waals surface area contributed by atoms with Crippen molar-refractivity contribution >= 4 is 17.5 Å². The van der Waals surface area contributed by atoms with Gasteiger partial charge in [0.15, 0.2) is 0 Å². The Labute approximate surface area is 213 Å². The molecule has 1 aromatic heterocycles. The highest BCUT2D eigenvalue weighted by atomic mass is 35.5. The second kappa shape index (κ2) is 12.6. The predicted molar refractivity (Wildman–Crippen MR) is 141 cm³/mol. The Morgan fingerprint density at radius 3 is 2.54 bits per heavy atom. The van der Waals surface area contributed by atoms with E-state index in [-0.39, 0.29) is 11.9 Å². The molecule has 1 heterocycles. The number of rotatable bonds is 12. The molecule has 0 aliphatic rings. The van der Waals surface area contributed by atoms with Crippen molar-refractivity contribution in [3.63, 3.8) is 0 Å². The molecular formula is C27H35ClN4O3.